The van der Waals surface area contributed by atoms with Gasteiger partial charge in [0.05, 0.1) is 17.3 Å². The normalized spacial score (nSPS) is 16.9. The summed E-state index contributed by atoms with van der Waals surface area (Å²) >= 11 is 0. The van der Waals surface area contributed by atoms with Crippen LogP contribution in [0.5, 0.6) is 0 Å². The third-order valence-electron chi connectivity index (χ3n) is 7.59. The van der Waals surface area contributed by atoms with Crippen LogP contribution in [0.15, 0.2) is 85.3 Å². The summed E-state index contributed by atoms with van der Waals surface area (Å²) in [5.41, 5.74) is 3.54. The summed E-state index contributed by atoms with van der Waals surface area (Å²) in [6.07, 6.45) is 2.68. The summed E-state index contributed by atoms with van der Waals surface area (Å²) in [5, 5.41) is 3.25. The number of hydrogen-bond acceptors (Lipinski definition) is 5. The van der Waals surface area contributed by atoms with E-state index in [0.717, 1.165) is 41.3 Å². The fourth-order valence-corrected chi connectivity index (χ4v) is 5.65. The molecule has 0 bridgehead atoms. The highest BCUT2D eigenvalue weighted by Crippen LogP contribution is 2.37. The van der Waals surface area contributed by atoms with Gasteiger partial charge in [0, 0.05) is 55.9 Å². The van der Waals surface area contributed by atoms with Crippen molar-refractivity contribution in [2.24, 2.45) is 0 Å². The van der Waals surface area contributed by atoms with E-state index in [0.29, 0.717) is 31.0 Å². The smallest absolute Gasteiger partial charge is 0.367 e. The molecule has 1 atom stereocenters. The van der Waals surface area contributed by atoms with Gasteiger partial charge in [-0.1, -0.05) is 36.4 Å². The number of fused-ring (bicyclic) bond motifs is 1. The number of amides is 1. The van der Waals surface area contributed by atoms with Gasteiger partial charge in [-0.05, 0) is 59.9 Å². The molecule has 1 fully saturated rings. The second-order valence-electron chi connectivity index (χ2n) is 10.1. The molecule has 2 aliphatic rings. The predicted octanol–water partition coefficient (Wildman–Crippen LogP) is 6.57. The molecular formula is C31H28F3N5O. The van der Waals surface area contributed by atoms with Crippen LogP contribution in [0.1, 0.15) is 45.9 Å². The first-order valence-corrected chi connectivity index (χ1v) is 13.3. The SMILES string of the molecule is O=C(c1cccc(-c2cnc3c(c2)N(Cc2ccccc2C(F)(F)F)CCN3)c1)N1CCCC1c1cccnc1. The fourth-order valence-electron chi connectivity index (χ4n) is 5.65. The number of halogens is 3. The lowest BCUT2D eigenvalue weighted by Gasteiger charge is -2.32. The second-order valence-corrected chi connectivity index (χ2v) is 10.1. The third kappa shape index (κ3) is 5.11. The Kier molecular flexibility index (Phi) is 6.88. The summed E-state index contributed by atoms with van der Waals surface area (Å²) in [5.74, 6) is 0.592. The summed E-state index contributed by atoms with van der Waals surface area (Å²) < 4.78 is 40.9. The molecule has 204 valence electrons. The van der Waals surface area contributed by atoms with E-state index in [-0.39, 0.29) is 24.1 Å². The number of hydrogen-bond donors (Lipinski definition) is 1. The Balaban J connectivity index is 1.28. The zero-order chi connectivity index (χ0) is 27.7. The average Bonchev–Trinajstić information content (AvgIpc) is 3.47. The zero-order valence-electron chi connectivity index (χ0n) is 21.7. The molecule has 1 saturated heterocycles. The molecule has 2 aliphatic heterocycles. The highest BCUT2D eigenvalue weighted by Gasteiger charge is 2.34. The van der Waals surface area contributed by atoms with Crippen LogP contribution in [-0.2, 0) is 12.7 Å². The van der Waals surface area contributed by atoms with Gasteiger partial charge >= 0.3 is 6.18 Å². The van der Waals surface area contributed by atoms with Gasteiger partial charge < -0.3 is 15.1 Å². The van der Waals surface area contributed by atoms with E-state index in [1.54, 1.807) is 18.5 Å². The minimum Gasteiger partial charge on any atom is -0.367 e. The lowest BCUT2D eigenvalue weighted by molar-refractivity contribution is -0.138. The number of carbonyl (C=O) groups excluding carboxylic acids is 1. The minimum atomic E-state index is -4.42. The number of likely N-dealkylation sites (tertiary alicyclic amines) is 1. The zero-order valence-corrected chi connectivity index (χ0v) is 21.7. The number of pyridine rings is 2. The molecule has 1 unspecified atom stereocenters. The Morgan fingerprint density at radius 3 is 2.67 bits per heavy atom. The van der Waals surface area contributed by atoms with Crippen LogP contribution in [-0.4, -0.2) is 40.4 Å². The lowest BCUT2D eigenvalue weighted by Crippen LogP contribution is -2.34. The van der Waals surface area contributed by atoms with Crippen LogP contribution >= 0.6 is 0 Å². The van der Waals surface area contributed by atoms with Crippen molar-refractivity contribution in [3.8, 4) is 11.1 Å². The summed E-state index contributed by atoms with van der Waals surface area (Å²) in [6, 6.07) is 19.0. The van der Waals surface area contributed by atoms with Crippen LogP contribution in [0.2, 0.25) is 0 Å². The molecule has 4 heterocycles. The van der Waals surface area contributed by atoms with Crippen LogP contribution < -0.4 is 10.2 Å². The Hall–Kier alpha value is -4.40. The van der Waals surface area contributed by atoms with E-state index in [2.05, 4.69) is 15.3 Å². The number of nitrogens with zero attached hydrogens (tertiary/aromatic N) is 4. The molecule has 0 saturated carbocycles. The van der Waals surface area contributed by atoms with Crippen LogP contribution in [0.3, 0.4) is 0 Å². The molecule has 6 nitrogen and oxygen atoms in total. The van der Waals surface area contributed by atoms with Gasteiger partial charge in [-0.25, -0.2) is 4.98 Å². The molecule has 40 heavy (non-hydrogen) atoms. The van der Waals surface area contributed by atoms with Crippen molar-refractivity contribution in [3.05, 3.63) is 108 Å². The number of anilines is 2. The van der Waals surface area contributed by atoms with Gasteiger partial charge in [0.2, 0.25) is 0 Å². The molecule has 0 spiro atoms. The number of aromatic nitrogens is 2. The van der Waals surface area contributed by atoms with Crippen molar-refractivity contribution in [1.82, 2.24) is 14.9 Å². The molecule has 1 N–H and O–H groups in total. The molecular weight excluding hydrogens is 515 g/mol. The predicted molar refractivity (Wildman–Crippen MR) is 148 cm³/mol. The monoisotopic (exact) mass is 543 g/mol. The molecule has 9 heteroatoms. The first-order valence-electron chi connectivity index (χ1n) is 13.3. The van der Waals surface area contributed by atoms with E-state index in [1.165, 1.54) is 12.1 Å². The Morgan fingerprint density at radius 2 is 1.85 bits per heavy atom. The Labute approximate surface area is 230 Å². The van der Waals surface area contributed by atoms with Gasteiger partial charge in [0.25, 0.3) is 5.91 Å². The van der Waals surface area contributed by atoms with Crippen molar-refractivity contribution in [2.45, 2.75) is 31.6 Å². The van der Waals surface area contributed by atoms with Crippen LogP contribution in [0.4, 0.5) is 24.7 Å². The minimum absolute atomic E-state index is 0.00512. The maximum absolute atomic E-state index is 13.6. The number of carbonyl (C=O) groups is 1. The quantitative estimate of drug-likeness (QED) is 0.309. The van der Waals surface area contributed by atoms with Gasteiger partial charge in [-0.15, -0.1) is 0 Å². The molecule has 2 aromatic heterocycles. The van der Waals surface area contributed by atoms with E-state index < -0.39 is 11.7 Å². The van der Waals surface area contributed by atoms with Gasteiger partial charge in [0.1, 0.15) is 5.82 Å². The molecule has 0 radical (unpaired) electrons. The standard InChI is InChI=1S/C31H28F3N5O/c32-31(33,34)26-10-2-1-6-24(26)20-38-15-13-36-29-28(38)17-25(19-37-29)21-7-3-8-22(16-21)30(40)39-14-5-11-27(39)23-9-4-12-35-18-23/h1-4,6-10,12,16-19,27H,5,11,13-15,20H2,(H,36,37). The van der Waals surface area contributed by atoms with E-state index >= 15 is 0 Å². The summed E-state index contributed by atoms with van der Waals surface area (Å²) in [6.45, 7) is 1.90. The second kappa shape index (κ2) is 10.6. The number of nitrogens with one attached hydrogen (secondary N) is 1. The molecule has 4 aromatic rings. The highest BCUT2D eigenvalue weighted by atomic mass is 19.4. The van der Waals surface area contributed by atoms with Crippen molar-refractivity contribution >= 4 is 17.4 Å². The summed E-state index contributed by atoms with van der Waals surface area (Å²) in [4.78, 5) is 26.2. The van der Waals surface area contributed by atoms with Crippen molar-refractivity contribution in [3.63, 3.8) is 0 Å². The average molecular weight is 544 g/mol. The van der Waals surface area contributed by atoms with E-state index in [4.69, 9.17) is 0 Å². The number of rotatable bonds is 5. The Bertz CT molecular complexity index is 1530. The summed E-state index contributed by atoms with van der Waals surface area (Å²) in [7, 11) is 0. The maximum Gasteiger partial charge on any atom is 0.416 e. The first-order chi connectivity index (χ1) is 19.4. The highest BCUT2D eigenvalue weighted by molar-refractivity contribution is 5.96. The third-order valence-corrected chi connectivity index (χ3v) is 7.59. The molecule has 0 aliphatic carbocycles. The lowest BCUT2D eigenvalue weighted by atomic mass is 10.0. The number of alkyl halides is 3. The van der Waals surface area contributed by atoms with Crippen molar-refractivity contribution in [1.29, 1.82) is 0 Å². The topological polar surface area (TPSA) is 61.4 Å². The van der Waals surface area contributed by atoms with Gasteiger partial charge in [0.15, 0.2) is 0 Å². The van der Waals surface area contributed by atoms with E-state index in [1.807, 2.05) is 58.5 Å². The Morgan fingerprint density at radius 1 is 0.975 bits per heavy atom. The number of benzene rings is 2. The van der Waals surface area contributed by atoms with Crippen molar-refractivity contribution in [2.75, 3.05) is 29.9 Å². The van der Waals surface area contributed by atoms with Crippen LogP contribution in [0.25, 0.3) is 11.1 Å². The van der Waals surface area contributed by atoms with E-state index in [9.17, 15) is 18.0 Å². The first kappa shape index (κ1) is 25.9. The molecule has 2 aromatic carbocycles. The van der Waals surface area contributed by atoms with Gasteiger partial charge in [-0.3, -0.25) is 9.78 Å². The fraction of sp³-hybridized carbons (Fsp3) is 0.258. The van der Waals surface area contributed by atoms with Crippen molar-refractivity contribution < 1.29 is 18.0 Å². The largest absolute Gasteiger partial charge is 0.416 e. The molecule has 6 rings (SSSR count). The van der Waals surface area contributed by atoms with Crippen LogP contribution in [0, 0.1) is 0 Å². The molecule has 1 amide bonds. The maximum atomic E-state index is 13.6. The van der Waals surface area contributed by atoms with Gasteiger partial charge in [-0.2, -0.15) is 13.2 Å².